The molecule has 5 rings (SSSR count). The van der Waals surface area contributed by atoms with Gasteiger partial charge in [-0.25, -0.2) is 9.98 Å². The topological polar surface area (TPSA) is 49.8 Å². The van der Waals surface area contributed by atoms with Gasteiger partial charge in [0.05, 0.1) is 6.54 Å². The summed E-state index contributed by atoms with van der Waals surface area (Å²) >= 11 is 0. The van der Waals surface area contributed by atoms with Gasteiger partial charge in [0.25, 0.3) is 6.02 Å². The van der Waals surface area contributed by atoms with Gasteiger partial charge in [-0.05, 0) is 24.4 Å². The van der Waals surface area contributed by atoms with Crippen molar-refractivity contribution in [1.82, 2.24) is 9.88 Å². The fourth-order valence-corrected chi connectivity index (χ4v) is 4.00. The summed E-state index contributed by atoms with van der Waals surface area (Å²) in [4.78, 5) is 11.5. The molecule has 3 atom stereocenters. The van der Waals surface area contributed by atoms with E-state index in [0.29, 0.717) is 11.9 Å². The highest BCUT2D eigenvalue weighted by Crippen LogP contribution is 2.41. The van der Waals surface area contributed by atoms with E-state index in [4.69, 9.17) is 4.74 Å². The van der Waals surface area contributed by atoms with Gasteiger partial charge in [-0.15, -0.1) is 0 Å². The number of aromatic nitrogens is 1. The maximum atomic E-state index is 6.22. The second-order valence-electron chi connectivity index (χ2n) is 6.55. The predicted octanol–water partition coefficient (Wildman–Crippen LogP) is 2.11. The Morgan fingerprint density at radius 2 is 2.18 bits per heavy atom. The number of hydrogen-bond donors (Lipinski definition) is 1. The van der Waals surface area contributed by atoms with E-state index in [9.17, 15) is 0 Å². The summed E-state index contributed by atoms with van der Waals surface area (Å²) in [5, 5.41) is 5.55. The molecule has 1 spiro atoms. The van der Waals surface area contributed by atoms with Crippen LogP contribution in [0, 0.1) is 5.92 Å². The first-order valence-electron chi connectivity index (χ1n) is 7.88. The normalized spacial score (nSPS) is 32.5. The Bertz CT molecular complexity index is 774. The van der Waals surface area contributed by atoms with E-state index in [1.54, 1.807) is 0 Å². The van der Waals surface area contributed by atoms with Crippen LogP contribution in [-0.4, -0.2) is 47.7 Å². The summed E-state index contributed by atoms with van der Waals surface area (Å²) in [5.41, 5.74) is -0.0859. The van der Waals surface area contributed by atoms with Crippen molar-refractivity contribution >= 4 is 22.6 Å². The summed E-state index contributed by atoms with van der Waals surface area (Å²) in [6.45, 7) is 4.16. The molecule has 2 saturated heterocycles. The van der Waals surface area contributed by atoms with Crippen molar-refractivity contribution in [2.45, 2.75) is 12.0 Å². The van der Waals surface area contributed by atoms with Gasteiger partial charge in [0, 0.05) is 30.6 Å². The van der Waals surface area contributed by atoms with E-state index in [2.05, 4.69) is 32.3 Å². The van der Waals surface area contributed by atoms with E-state index >= 15 is 0 Å². The van der Waals surface area contributed by atoms with Crippen molar-refractivity contribution in [1.29, 1.82) is 0 Å². The Kier molecular flexibility index (Phi) is 2.50. The average Bonchev–Trinajstić information content (AvgIpc) is 3.24. The third-order valence-electron chi connectivity index (χ3n) is 5.16. The van der Waals surface area contributed by atoms with E-state index in [1.165, 1.54) is 18.4 Å². The van der Waals surface area contributed by atoms with Gasteiger partial charge in [0.1, 0.15) is 11.4 Å². The standard InChI is InChI=1S/C17H18N4O/c1-2-4-13-8-18-15(7-12(13)3-1)20-16-19-10-17(22-16)11-21-6-5-14(17)9-21/h1-4,7-8,14H,5-6,9-11H2,(H,18,19,20)/t14-,17-/m1/s1. The third kappa shape index (κ3) is 1.82. The molecule has 112 valence electrons. The van der Waals surface area contributed by atoms with Crippen LogP contribution in [0.1, 0.15) is 6.42 Å². The lowest BCUT2D eigenvalue weighted by Crippen LogP contribution is -2.46. The fourth-order valence-electron chi connectivity index (χ4n) is 4.00. The van der Waals surface area contributed by atoms with Gasteiger partial charge < -0.3 is 4.74 Å². The van der Waals surface area contributed by atoms with E-state index < -0.39 is 0 Å². The Morgan fingerprint density at radius 1 is 1.27 bits per heavy atom. The molecular formula is C17H18N4O. The fraction of sp³-hybridized carbons (Fsp3) is 0.412. The van der Waals surface area contributed by atoms with E-state index in [1.807, 2.05) is 24.4 Å². The molecule has 2 bridgehead atoms. The Morgan fingerprint density at radius 3 is 3.00 bits per heavy atom. The van der Waals surface area contributed by atoms with Crippen LogP contribution in [0.2, 0.25) is 0 Å². The molecule has 1 unspecified atom stereocenters. The molecule has 1 aromatic carbocycles. The number of hydrogen-bond acceptors (Lipinski definition) is 5. The molecular weight excluding hydrogens is 276 g/mol. The van der Waals surface area contributed by atoms with Crippen LogP contribution in [0.5, 0.6) is 0 Å². The van der Waals surface area contributed by atoms with Crippen LogP contribution >= 0.6 is 0 Å². The predicted molar refractivity (Wildman–Crippen MR) is 86.0 cm³/mol. The molecule has 0 saturated carbocycles. The van der Waals surface area contributed by atoms with Crippen molar-refractivity contribution in [3.05, 3.63) is 36.5 Å². The van der Waals surface area contributed by atoms with Gasteiger partial charge >= 0.3 is 0 Å². The SMILES string of the molecule is c1ccc2cc(NC3=NC[C@]4(CN5CC[C@@H]4C5)O3)ncc2c1. The molecule has 0 amide bonds. The van der Waals surface area contributed by atoms with E-state index in [0.717, 1.165) is 30.8 Å². The Labute approximate surface area is 129 Å². The van der Waals surface area contributed by atoms with Gasteiger partial charge in [-0.2, -0.15) is 0 Å². The van der Waals surface area contributed by atoms with Crippen molar-refractivity contribution in [2.75, 3.05) is 31.5 Å². The minimum absolute atomic E-state index is 0.0859. The zero-order chi connectivity index (χ0) is 14.6. The van der Waals surface area contributed by atoms with Gasteiger partial charge in [-0.3, -0.25) is 10.2 Å². The molecule has 3 aliphatic rings. The molecule has 2 fully saturated rings. The zero-order valence-electron chi connectivity index (χ0n) is 12.3. The number of piperidine rings is 1. The lowest BCUT2D eigenvalue weighted by molar-refractivity contribution is 0.0364. The van der Waals surface area contributed by atoms with Crippen LogP contribution in [0.15, 0.2) is 41.5 Å². The van der Waals surface area contributed by atoms with Crippen molar-refractivity contribution in [3.63, 3.8) is 0 Å². The second kappa shape index (κ2) is 4.43. The number of aliphatic imine (C=N–C) groups is 1. The van der Waals surface area contributed by atoms with E-state index in [-0.39, 0.29) is 5.60 Å². The maximum absolute atomic E-state index is 6.22. The number of nitrogens with zero attached hydrogens (tertiary/aromatic N) is 3. The highest BCUT2D eigenvalue weighted by Gasteiger charge is 2.54. The van der Waals surface area contributed by atoms with Crippen molar-refractivity contribution in [3.8, 4) is 0 Å². The summed E-state index contributed by atoms with van der Waals surface area (Å²) < 4.78 is 6.22. The van der Waals surface area contributed by atoms with Gasteiger partial charge in [-0.1, -0.05) is 24.3 Å². The largest absolute Gasteiger partial charge is 0.455 e. The lowest BCUT2D eigenvalue weighted by atomic mass is 9.88. The van der Waals surface area contributed by atoms with Crippen molar-refractivity contribution < 1.29 is 4.74 Å². The highest BCUT2D eigenvalue weighted by atomic mass is 16.5. The number of pyridine rings is 1. The molecule has 1 aromatic heterocycles. The molecule has 5 heteroatoms. The number of rotatable bonds is 1. The minimum Gasteiger partial charge on any atom is -0.455 e. The smallest absolute Gasteiger partial charge is 0.291 e. The number of benzene rings is 1. The third-order valence-corrected chi connectivity index (χ3v) is 5.16. The Balaban J connectivity index is 1.36. The first-order valence-corrected chi connectivity index (χ1v) is 7.88. The maximum Gasteiger partial charge on any atom is 0.291 e. The molecule has 4 heterocycles. The zero-order valence-corrected chi connectivity index (χ0v) is 12.3. The number of amidine groups is 1. The molecule has 5 nitrogen and oxygen atoms in total. The molecule has 3 aliphatic heterocycles. The molecule has 22 heavy (non-hydrogen) atoms. The molecule has 0 radical (unpaired) electrons. The van der Waals surface area contributed by atoms with Crippen LogP contribution < -0.4 is 5.32 Å². The summed E-state index contributed by atoms with van der Waals surface area (Å²) in [6.07, 6.45) is 3.11. The monoisotopic (exact) mass is 294 g/mol. The number of nitrogens with one attached hydrogen (secondary N) is 1. The quantitative estimate of drug-likeness (QED) is 0.875. The van der Waals surface area contributed by atoms with Gasteiger partial charge in [0.15, 0.2) is 0 Å². The Hall–Kier alpha value is -2.14. The molecule has 1 N–H and O–H groups in total. The summed E-state index contributed by atoms with van der Waals surface area (Å²) in [5.74, 6) is 1.41. The number of ether oxygens (including phenoxy) is 1. The summed E-state index contributed by atoms with van der Waals surface area (Å²) in [6, 6.07) is 10.9. The van der Waals surface area contributed by atoms with Crippen molar-refractivity contribution in [2.24, 2.45) is 10.9 Å². The molecule has 2 aromatic rings. The average molecular weight is 294 g/mol. The first kappa shape index (κ1) is 12.4. The minimum atomic E-state index is -0.0859. The number of fused-ring (bicyclic) bond motifs is 4. The lowest BCUT2D eigenvalue weighted by Gasteiger charge is -2.32. The summed E-state index contributed by atoms with van der Waals surface area (Å²) in [7, 11) is 0. The second-order valence-corrected chi connectivity index (χ2v) is 6.55. The number of anilines is 1. The van der Waals surface area contributed by atoms with Crippen LogP contribution in [-0.2, 0) is 4.74 Å². The highest BCUT2D eigenvalue weighted by molar-refractivity contribution is 5.92. The van der Waals surface area contributed by atoms with Gasteiger partial charge in [0.2, 0.25) is 0 Å². The first-order chi connectivity index (χ1) is 10.8. The molecule has 0 aliphatic carbocycles. The van der Waals surface area contributed by atoms with Crippen LogP contribution in [0.25, 0.3) is 10.8 Å². The van der Waals surface area contributed by atoms with Crippen LogP contribution in [0.4, 0.5) is 5.82 Å². The van der Waals surface area contributed by atoms with Crippen LogP contribution in [0.3, 0.4) is 0 Å².